The molecule has 66 valence electrons. The summed E-state index contributed by atoms with van der Waals surface area (Å²) in [5.74, 6) is 0. The lowest BCUT2D eigenvalue weighted by molar-refractivity contribution is 1.44. The summed E-state index contributed by atoms with van der Waals surface area (Å²) >= 11 is 3.41. The molecule has 0 atom stereocenters. The molecular formula is C9H8BrN3. The molecule has 0 spiro atoms. The van der Waals surface area contributed by atoms with E-state index >= 15 is 0 Å². The molecular weight excluding hydrogens is 230 g/mol. The first-order valence-electron chi connectivity index (χ1n) is 3.82. The van der Waals surface area contributed by atoms with Crippen molar-refractivity contribution < 1.29 is 0 Å². The van der Waals surface area contributed by atoms with Crippen molar-refractivity contribution in [3.05, 3.63) is 28.9 Å². The number of H-pyrrole nitrogens is 1. The third-order valence-corrected chi connectivity index (χ3v) is 2.27. The van der Waals surface area contributed by atoms with Crippen LogP contribution in [0.4, 0.5) is 5.69 Å². The number of nitrogens with two attached hydrogens (primary N) is 1. The predicted octanol–water partition coefficient (Wildman–Crippen LogP) is 2.55. The molecule has 0 fully saturated rings. The van der Waals surface area contributed by atoms with Crippen LogP contribution in [0.25, 0.3) is 10.9 Å². The maximum atomic E-state index is 5.25. The molecule has 0 saturated heterocycles. The van der Waals surface area contributed by atoms with Gasteiger partial charge in [-0.2, -0.15) is 0 Å². The second-order valence-electron chi connectivity index (χ2n) is 2.64. The van der Waals surface area contributed by atoms with Gasteiger partial charge in [-0.15, -0.1) is 0 Å². The molecule has 0 saturated carbocycles. The second-order valence-corrected chi connectivity index (χ2v) is 3.56. The van der Waals surface area contributed by atoms with E-state index in [1.165, 1.54) is 6.34 Å². The van der Waals surface area contributed by atoms with Gasteiger partial charge in [0.25, 0.3) is 0 Å². The van der Waals surface area contributed by atoms with Gasteiger partial charge in [-0.25, -0.2) is 4.99 Å². The fourth-order valence-electron chi connectivity index (χ4n) is 1.30. The number of hydrogen-bond acceptors (Lipinski definition) is 1. The first-order valence-corrected chi connectivity index (χ1v) is 4.61. The Bertz CT molecular complexity index is 459. The number of benzene rings is 1. The quantitative estimate of drug-likeness (QED) is 0.582. The third-order valence-electron chi connectivity index (χ3n) is 1.82. The molecule has 2 aromatic rings. The first-order chi connectivity index (χ1) is 6.31. The normalized spacial score (nSPS) is 11.5. The van der Waals surface area contributed by atoms with Crippen LogP contribution in [0.1, 0.15) is 0 Å². The smallest absolute Gasteiger partial charge is 0.0899 e. The van der Waals surface area contributed by atoms with Crippen LogP contribution >= 0.6 is 15.9 Å². The van der Waals surface area contributed by atoms with Crippen molar-refractivity contribution >= 4 is 38.9 Å². The predicted molar refractivity (Wildman–Crippen MR) is 58.3 cm³/mol. The fraction of sp³-hybridized carbons (Fsp3) is 0. The number of halogens is 1. The molecule has 1 heterocycles. The van der Waals surface area contributed by atoms with E-state index in [0.29, 0.717) is 0 Å². The summed E-state index contributed by atoms with van der Waals surface area (Å²) in [6.07, 6.45) is 3.18. The summed E-state index contributed by atoms with van der Waals surface area (Å²) in [4.78, 5) is 7.17. The summed E-state index contributed by atoms with van der Waals surface area (Å²) in [5, 5.41) is 1.12. The van der Waals surface area contributed by atoms with Crippen molar-refractivity contribution in [1.29, 1.82) is 0 Å². The molecule has 0 amide bonds. The van der Waals surface area contributed by atoms with E-state index in [9.17, 15) is 0 Å². The number of fused-ring (bicyclic) bond motifs is 1. The molecule has 1 aromatic heterocycles. The van der Waals surface area contributed by atoms with Gasteiger partial charge in [0.1, 0.15) is 0 Å². The lowest BCUT2D eigenvalue weighted by Gasteiger charge is -1.97. The Morgan fingerprint density at radius 3 is 3.08 bits per heavy atom. The van der Waals surface area contributed by atoms with Gasteiger partial charge in [0.15, 0.2) is 0 Å². The summed E-state index contributed by atoms with van der Waals surface area (Å²) < 4.78 is 1.00. The number of aromatic amines is 1. The summed E-state index contributed by atoms with van der Waals surface area (Å²) in [5.41, 5.74) is 7.10. The topological polar surface area (TPSA) is 54.2 Å². The molecule has 0 unspecified atom stereocenters. The minimum atomic E-state index is 0.844. The third kappa shape index (κ3) is 1.45. The SMILES string of the molecule is NC=Nc1cc(Br)cc2cc[nH]c12. The summed E-state index contributed by atoms with van der Waals surface area (Å²) in [6, 6.07) is 5.94. The van der Waals surface area contributed by atoms with E-state index in [-0.39, 0.29) is 0 Å². The molecule has 0 bridgehead atoms. The van der Waals surface area contributed by atoms with Crippen LogP contribution < -0.4 is 5.73 Å². The molecule has 2 rings (SSSR count). The van der Waals surface area contributed by atoms with Crippen LogP contribution in [0.2, 0.25) is 0 Å². The van der Waals surface area contributed by atoms with Gasteiger partial charge < -0.3 is 10.7 Å². The number of rotatable bonds is 1. The van der Waals surface area contributed by atoms with Crippen molar-refractivity contribution in [2.75, 3.05) is 0 Å². The van der Waals surface area contributed by atoms with Crippen molar-refractivity contribution in [2.24, 2.45) is 10.7 Å². The highest BCUT2D eigenvalue weighted by atomic mass is 79.9. The van der Waals surface area contributed by atoms with E-state index < -0.39 is 0 Å². The Labute approximate surface area is 83.8 Å². The van der Waals surface area contributed by atoms with Crippen LogP contribution in [0.15, 0.2) is 33.9 Å². The lowest BCUT2D eigenvalue weighted by atomic mass is 10.2. The number of nitrogens with zero attached hydrogens (tertiary/aromatic N) is 1. The monoisotopic (exact) mass is 237 g/mol. The van der Waals surface area contributed by atoms with Crippen molar-refractivity contribution in [1.82, 2.24) is 4.98 Å². The fourth-order valence-corrected chi connectivity index (χ4v) is 1.76. The molecule has 0 radical (unpaired) electrons. The number of aromatic nitrogens is 1. The van der Waals surface area contributed by atoms with Crippen molar-refractivity contribution in [3.8, 4) is 0 Å². The van der Waals surface area contributed by atoms with Gasteiger partial charge in [-0.3, -0.25) is 0 Å². The summed E-state index contributed by atoms with van der Waals surface area (Å²) in [6.45, 7) is 0. The van der Waals surface area contributed by atoms with Crippen molar-refractivity contribution in [2.45, 2.75) is 0 Å². The molecule has 4 heteroatoms. The highest BCUT2D eigenvalue weighted by Crippen LogP contribution is 2.28. The van der Waals surface area contributed by atoms with E-state index in [1.807, 2.05) is 24.4 Å². The average molecular weight is 238 g/mol. The van der Waals surface area contributed by atoms with Crippen LogP contribution in [-0.4, -0.2) is 11.3 Å². The van der Waals surface area contributed by atoms with E-state index in [2.05, 4.69) is 25.9 Å². The van der Waals surface area contributed by atoms with Crippen LogP contribution in [0.3, 0.4) is 0 Å². The van der Waals surface area contributed by atoms with Crippen molar-refractivity contribution in [3.63, 3.8) is 0 Å². The molecule has 3 N–H and O–H groups in total. The van der Waals surface area contributed by atoms with Gasteiger partial charge in [0, 0.05) is 16.1 Å². The van der Waals surface area contributed by atoms with E-state index in [4.69, 9.17) is 5.73 Å². The molecule has 3 nitrogen and oxygen atoms in total. The summed E-state index contributed by atoms with van der Waals surface area (Å²) in [7, 11) is 0. The number of aliphatic imine (C=N–C) groups is 1. The molecule has 0 aliphatic carbocycles. The Hall–Kier alpha value is -1.29. The van der Waals surface area contributed by atoms with E-state index in [1.54, 1.807) is 0 Å². The zero-order valence-electron chi connectivity index (χ0n) is 6.79. The highest BCUT2D eigenvalue weighted by molar-refractivity contribution is 9.10. The Morgan fingerprint density at radius 1 is 1.46 bits per heavy atom. The molecule has 0 aliphatic rings. The van der Waals surface area contributed by atoms with Gasteiger partial charge >= 0.3 is 0 Å². The standard InChI is InChI=1S/C9H8BrN3/c10-7-3-6-1-2-12-9(6)8(4-7)13-5-11/h1-5,12H,(H2,11,13). The Balaban J connectivity index is 2.77. The Morgan fingerprint density at radius 2 is 2.31 bits per heavy atom. The van der Waals surface area contributed by atoms with Gasteiger partial charge in [0.05, 0.1) is 17.5 Å². The van der Waals surface area contributed by atoms with Gasteiger partial charge in [0.2, 0.25) is 0 Å². The van der Waals surface area contributed by atoms with Crippen LogP contribution in [-0.2, 0) is 0 Å². The largest absolute Gasteiger partial charge is 0.390 e. The van der Waals surface area contributed by atoms with E-state index in [0.717, 1.165) is 21.1 Å². The van der Waals surface area contributed by atoms with Gasteiger partial charge in [-0.05, 0) is 18.2 Å². The maximum absolute atomic E-state index is 5.25. The molecule has 0 aliphatic heterocycles. The Kier molecular flexibility index (Phi) is 2.06. The average Bonchev–Trinajstić information content (AvgIpc) is 2.52. The second kappa shape index (κ2) is 3.22. The first kappa shape index (κ1) is 8.31. The minimum absolute atomic E-state index is 0.844. The zero-order valence-corrected chi connectivity index (χ0v) is 8.38. The maximum Gasteiger partial charge on any atom is 0.0899 e. The minimum Gasteiger partial charge on any atom is -0.390 e. The van der Waals surface area contributed by atoms with Crippen LogP contribution in [0, 0.1) is 0 Å². The van der Waals surface area contributed by atoms with Gasteiger partial charge in [-0.1, -0.05) is 15.9 Å². The number of hydrogen-bond donors (Lipinski definition) is 2. The highest BCUT2D eigenvalue weighted by Gasteiger charge is 2.01. The number of nitrogens with one attached hydrogen (secondary N) is 1. The lowest BCUT2D eigenvalue weighted by Crippen LogP contribution is -1.86. The van der Waals surface area contributed by atoms with Crippen LogP contribution in [0.5, 0.6) is 0 Å². The molecule has 1 aromatic carbocycles. The molecule has 13 heavy (non-hydrogen) atoms. The zero-order chi connectivity index (χ0) is 9.26.